The number of ether oxygens (including phenoxy) is 2. The van der Waals surface area contributed by atoms with Gasteiger partial charge in [-0.1, -0.05) is 37.1 Å². The summed E-state index contributed by atoms with van der Waals surface area (Å²) in [5, 5.41) is 3.03. The van der Waals surface area contributed by atoms with Gasteiger partial charge in [-0.25, -0.2) is 8.42 Å². The molecule has 3 rings (SSSR count). The number of amides is 1. The summed E-state index contributed by atoms with van der Waals surface area (Å²) < 4.78 is 38.2. The molecule has 0 aromatic heterocycles. The SMILES string of the molecule is CCCCc1ccc(NC(=O)COc2ccc(Cl)cc2S(=O)(=O)N2CCOCC2)cc1. The number of hydrogen-bond donors (Lipinski definition) is 1. The maximum absolute atomic E-state index is 13.0. The Labute approximate surface area is 188 Å². The second-order valence-corrected chi connectivity index (χ2v) is 9.59. The summed E-state index contributed by atoms with van der Waals surface area (Å²) in [4.78, 5) is 12.3. The van der Waals surface area contributed by atoms with Crippen molar-refractivity contribution in [1.29, 1.82) is 0 Å². The smallest absolute Gasteiger partial charge is 0.262 e. The van der Waals surface area contributed by atoms with Crippen LogP contribution in [0.4, 0.5) is 5.69 Å². The fraction of sp³-hybridized carbons (Fsp3) is 0.409. The van der Waals surface area contributed by atoms with Gasteiger partial charge in [-0.15, -0.1) is 0 Å². The van der Waals surface area contributed by atoms with E-state index in [1.165, 1.54) is 28.1 Å². The van der Waals surface area contributed by atoms with Crippen molar-refractivity contribution in [3.63, 3.8) is 0 Å². The Morgan fingerprint density at radius 1 is 1.16 bits per heavy atom. The Bertz CT molecular complexity index is 989. The predicted octanol–water partition coefficient (Wildman–Crippen LogP) is 3.72. The van der Waals surface area contributed by atoms with Gasteiger partial charge >= 0.3 is 0 Å². The topological polar surface area (TPSA) is 84.9 Å². The standard InChI is InChI=1S/C22H27ClN2O5S/c1-2-3-4-17-5-8-19(9-6-17)24-22(26)16-30-20-10-7-18(23)15-21(20)31(27,28)25-11-13-29-14-12-25/h5-10,15H,2-4,11-14,16H2,1H3,(H,24,26). The minimum atomic E-state index is -3.82. The second kappa shape index (κ2) is 10.9. The zero-order chi connectivity index (χ0) is 22.3. The molecule has 1 fully saturated rings. The average Bonchev–Trinajstić information content (AvgIpc) is 2.78. The number of benzene rings is 2. The van der Waals surface area contributed by atoms with Crippen LogP contribution in [0.5, 0.6) is 5.75 Å². The van der Waals surface area contributed by atoms with Crippen LogP contribution in [-0.2, 0) is 26.0 Å². The lowest BCUT2D eigenvalue weighted by atomic mass is 10.1. The summed E-state index contributed by atoms with van der Waals surface area (Å²) in [6.07, 6.45) is 3.25. The number of nitrogens with zero attached hydrogens (tertiary/aromatic N) is 1. The number of sulfonamides is 1. The van der Waals surface area contributed by atoms with Crippen LogP contribution in [0.1, 0.15) is 25.3 Å². The Hall–Kier alpha value is -2.13. The van der Waals surface area contributed by atoms with Gasteiger partial charge in [-0.2, -0.15) is 4.31 Å². The molecule has 0 saturated carbocycles. The molecular formula is C22H27ClN2O5S. The van der Waals surface area contributed by atoms with Crippen molar-refractivity contribution in [2.75, 3.05) is 38.2 Å². The van der Waals surface area contributed by atoms with Crippen molar-refractivity contribution in [2.45, 2.75) is 31.1 Å². The molecule has 0 spiro atoms. The maximum Gasteiger partial charge on any atom is 0.262 e. The number of rotatable bonds is 9. The van der Waals surface area contributed by atoms with Crippen molar-refractivity contribution >= 4 is 33.2 Å². The second-order valence-electron chi connectivity index (χ2n) is 7.24. The molecule has 168 valence electrons. The molecule has 1 N–H and O–H groups in total. The number of halogens is 1. The monoisotopic (exact) mass is 466 g/mol. The highest BCUT2D eigenvalue weighted by molar-refractivity contribution is 7.89. The zero-order valence-electron chi connectivity index (χ0n) is 17.5. The lowest BCUT2D eigenvalue weighted by Crippen LogP contribution is -2.40. The van der Waals surface area contributed by atoms with Crippen LogP contribution in [0.3, 0.4) is 0 Å². The van der Waals surface area contributed by atoms with E-state index in [4.69, 9.17) is 21.1 Å². The summed E-state index contributed by atoms with van der Waals surface area (Å²) >= 11 is 6.03. The number of morpholine rings is 1. The molecule has 0 bridgehead atoms. The van der Waals surface area contributed by atoms with Crippen molar-refractivity contribution in [2.24, 2.45) is 0 Å². The van der Waals surface area contributed by atoms with Gasteiger partial charge in [0.05, 0.1) is 13.2 Å². The highest BCUT2D eigenvalue weighted by Crippen LogP contribution is 2.30. The normalized spacial score (nSPS) is 14.9. The fourth-order valence-corrected chi connectivity index (χ4v) is 5.01. The van der Waals surface area contributed by atoms with E-state index < -0.39 is 10.0 Å². The molecule has 1 aliphatic heterocycles. The van der Waals surface area contributed by atoms with E-state index in [-0.39, 0.29) is 41.3 Å². The first-order valence-corrected chi connectivity index (χ1v) is 12.1. The van der Waals surface area contributed by atoms with E-state index in [9.17, 15) is 13.2 Å². The average molecular weight is 467 g/mol. The molecule has 1 amide bonds. The molecule has 9 heteroatoms. The molecule has 1 heterocycles. The van der Waals surface area contributed by atoms with Gasteiger partial charge in [-0.05, 0) is 48.7 Å². The van der Waals surface area contributed by atoms with Crippen molar-refractivity contribution < 1.29 is 22.7 Å². The highest BCUT2D eigenvalue weighted by atomic mass is 35.5. The van der Waals surface area contributed by atoms with E-state index >= 15 is 0 Å². The summed E-state index contributed by atoms with van der Waals surface area (Å²) in [6, 6.07) is 12.0. The lowest BCUT2D eigenvalue weighted by molar-refractivity contribution is -0.118. The minimum absolute atomic E-state index is 0.0602. The van der Waals surface area contributed by atoms with Crippen LogP contribution >= 0.6 is 11.6 Å². The molecule has 0 radical (unpaired) electrons. The molecule has 1 saturated heterocycles. The lowest BCUT2D eigenvalue weighted by Gasteiger charge is -2.26. The van der Waals surface area contributed by atoms with Crippen LogP contribution in [-0.4, -0.2) is 51.5 Å². The predicted molar refractivity (Wildman–Crippen MR) is 120 cm³/mol. The van der Waals surface area contributed by atoms with E-state index in [0.717, 1.165) is 19.3 Å². The largest absolute Gasteiger partial charge is 0.482 e. The van der Waals surface area contributed by atoms with Gasteiger partial charge in [0.25, 0.3) is 5.91 Å². The Balaban J connectivity index is 1.65. The number of hydrogen-bond acceptors (Lipinski definition) is 5. The quantitative estimate of drug-likeness (QED) is 0.608. The molecule has 2 aromatic carbocycles. The highest BCUT2D eigenvalue weighted by Gasteiger charge is 2.29. The van der Waals surface area contributed by atoms with Crippen molar-refractivity contribution in [3.8, 4) is 5.75 Å². The first kappa shape index (κ1) is 23.5. The fourth-order valence-electron chi connectivity index (χ4n) is 3.20. The van der Waals surface area contributed by atoms with Gasteiger partial charge in [0, 0.05) is 23.8 Å². The van der Waals surface area contributed by atoms with Crippen LogP contribution in [0.25, 0.3) is 0 Å². The zero-order valence-corrected chi connectivity index (χ0v) is 19.0. The molecule has 7 nitrogen and oxygen atoms in total. The van der Waals surface area contributed by atoms with Crippen LogP contribution in [0.2, 0.25) is 5.02 Å². The van der Waals surface area contributed by atoms with Gasteiger partial charge in [0.15, 0.2) is 6.61 Å². The van der Waals surface area contributed by atoms with Crippen LogP contribution in [0.15, 0.2) is 47.4 Å². The first-order chi connectivity index (χ1) is 14.9. The first-order valence-electron chi connectivity index (χ1n) is 10.3. The molecule has 31 heavy (non-hydrogen) atoms. The summed E-state index contributed by atoms with van der Waals surface area (Å²) in [6.45, 7) is 2.98. The van der Waals surface area contributed by atoms with E-state index in [0.29, 0.717) is 18.9 Å². The third-order valence-corrected chi connectivity index (χ3v) is 7.06. The maximum atomic E-state index is 13.0. The molecule has 0 aliphatic carbocycles. The number of anilines is 1. The number of carbonyl (C=O) groups excluding carboxylic acids is 1. The molecule has 0 atom stereocenters. The number of nitrogens with one attached hydrogen (secondary N) is 1. The van der Waals surface area contributed by atoms with Gasteiger partial charge < -0.3 is 14.8 Å². The third-order valence-electron chi connectivity index (χ3n) is 4.91. The summed E-state index contributed by atoms with van der Waals surface area (Å²) in [5.74, 6) is -0.299. The summed E-state index contributed by atoms with van der Waals surface area (Å²) in [7, 11) is -3.82. The Morgan fingerprint density at radius 2 is 1.87 bits per heavy atom. The Morgan fingerprint density at radius 3 is 2.55 bits per heavy atom. The van der Waals surface area contributed by atoms with E-state index in [1.54, 1.807) is 0 Å². The van der Waals surface area contributed by atoms with Gasteiger partial charge in [0.1, 0.15) is 10.6 Å². The molecule has 2 aromatic rings. The van der Waals surface area contributed by atoms with Crippen molar-refractivity contribution in [1.82, 2.24) is 4.31 Å². The third kappa shape index (κ3) is 6.43. The summed E-state index contributed by atoms with van der Waals surface area (Å²) in [5.41, 5.74) is 1.88. The molecular weight excluding hydrogens is 440 g/mol. The molecule has 0 unspecified atom stereocenters. The van der Waals surface area contributed by atoms with Gasteiger partial charge in [-0.3, -0.25) is 4.79 Å². The number of unbranched alkanes of at least 4 members (excludes halogenated alkanes) is 1. The Kier molecular flexibility index (Phi) is 8.31. The van der Waals surface area contributed by atoms with Gasteiger partial charge in [0.2, 0.25) is 10.0 Å². The van der Waals surface area contributed by atoms with Crippen LogP contribution in [0, 0.1) is 0 Å². The van der Waals surface area contributed by atoms with E-state index in [2.05, 4.69) is 12.2 Å². The number of aryl methyl sites for hydroxylation is 1. The van der Waals surface area contributed by atoms with Crippen molar-refractivity contribution in [3.05, 3.63) is 53.1 Å². The number of carbonyl (C=O) groups is 1. The minimum Gasteiger partial charge on any atom is -0.482 e. The van der Waals surface area contributed by atoms with E-state index in [1.807, 2.05) is 24.3 Å². The molecule has 1 aliphatic rings. The van der Waals surface area contributed by atoms with Crippen LogP contribution < -0.4 is 10.1 Å².